The number of hydrogen-bond donors (Lipinski definition) is 1. The van der Waals surface area contributed by atoms with Crippen LogP contribution < -0.4 is 9.62 Å². The van der Waals surface area contributed by atoms with E-state index in [9.17, 15) is 13.2 Å². The fourth-order valence-electron chi connectivity index (χ4n) is 2.68. The van der Waals surface area contributed by atoms with Crippen molar-refractivity contribution < 1.29 is 13.2 Å². The average Bonchev–Trinajstić information content (AvgIpc) is 2.60. The summed E-state index contributed by atoms with van der Waals surface area (Å²) in [5.74, 6) is -0.425. The second kappa shape index (κ2) is 8.95. The minimum absolute atomic E-state index is 0.172. The van der Waals surface area contributed by atoms with Crippen molar-refractivity contribution in [3.63, 3.8) is 0 Å². The largest absolute Gasteiger partial charge is 0.350 e. The van der Waals surface area contributed by atoms with E-state index in [1.54, 1.807) is 37.3 Å². The second-order valence-electron chi connectivity index (χ2n) is 6.21. The smallest absolute Gasteiger partial charge is 0.243 e. The Morgan fingerprint density at radius 2 is 1.78 bits per heavy atom. The molecule has 0 spiro atoms. The highest BCUT2D eigenvalue weighted by molar-refractivity contribution is 7.92. The number of halogens is 2. The Morgan fingerprint density at radius 1 is 1.15 bits per heavy atom. The van der Waals surface area contributed by atoms with Gasteiger partial charge in [-0.05, 0) is 48.7 Å². The number of carbonyl (C=O) groups excluding carboxylic acids is 1. The van der Waals surface area contributed by atoms with Gasteiger partial charge in [0, 0.05) is 16.6 Å². The van der Waals surface area contributed by atoms with Crippen LogP contribution in [0.4, 0.5) is 5.69 Å². The summed E-state index contributed by atoms with van der Waals surface area (Å²) in [4.78, 5) is 12.6. The van der Waals surface area contributed by atoms with Crippen LogP contribution in [-0.4, -0.2) is 26.6 Å². The molecule has 1 amide bonds. The first-order chi connectivity index (χ1) is 12.6. The van der Waals surface area contributed by atoms with Crippen molar-refractivity contribution in [1.29, 1.82) is 0 Å². The van der Waals surface area contributed by atoms with Gasteiger partial charge in [0.25, 0.3) is 0 Å². The fourth-order valence-corrected chi connectivity index (χ4v) is 4.33. The Morgan fingerprint density at radius 3 is 2.30 bits per heavy atom. The van der Waals surface area contributed by atoms with Gasteiger partial charge in [0.2, 0.25) is 15.9 Å². The molecule has 0 aliphatic carbocycles. The predicted molar refractivity (Wildman–Crippen MR) is 111 cm³/mol. The molecule has 2 rings (SSSR count). The first-order valence-electron chi connectivity index (χ1n) is 8.43. The maximum atomic E-state index is 12.6. The molecule has 1 atom stereocenters. The minimum Gasteiger partial charge on any atom is -0.350 e. The minimum atomic E-state index is -3.65. The van der Waals surface area contributed by atoms with Crippen LogP contribution in [0, 0.1) is 0 Å². The van der Waals surface area contributed by atoms with E-state index in [1.165, 1.54) is 0 Å². The van der Waals surface area contributed by atoms with Crippen molar-refractivity contribution in [2.24, 2.45) is 0 Å². The van der Waals surface area contributed by atoms with Crippen molar-refractivity contribution in [2.75, 3.05) is 10.6 Å². The highest BCUT2D eigenvalue weighted by Gasteiger charge is 2.29. The average molecular weight is 429 g/mol. The van der Waals surface area contributed by atoms with Crippen LogP contribution in [0.2, 0.25) is 10.0 Å². The maximum absolute atomic E-state index is 12.6. The van der Waals surface area contributed by atoms with Crippen LogP contribution in [0.15, 0.2) is 42.5 Å². The van der Waals surface area contributed by atoms with Crippen LogP contribution in [0.1, 0.15) is 25.0 Å². The summed E-state index contributed by atoms with van der Waals surface area (Å²) >= 11 is 12.0. The lowest BCUT2D eigenvalue weighted by molar-refractivity contribution is -0.122. The van der Waals surface area contributed by atoms with Gasteiger partial charge in [-0.25, -0.2) is 8.42 Å². The van der Waals surface area contributed by atoms with E-state index >= 15 is 0 Å². The maximum Gasteiger partial charge on any atom is 0.243 e. The Bertz CT molecular complexity index is 915. The van der Waals surface area contributed by atoms with Gasteiger partial charge in [0.15, 0.2) is 0 Å². The van der Waals surface area contributed by atoms with Gasteiger partial charge in [-0.1, -0.05) is 48.3 Å². The predicted octanol–water partition coefficient (Wildman–Crippen LogP) is 4.03. The lowest BCUT2D eigenvalue weighted by Crippen LogP contribution is -2.47. The topological polar surface area (TPSA) is 66.5 Å². The van der Waals surface area contributed by atoms with Crippen LogP contribution in [0.5, 0.6) is 0 Å². The standard InChI is InChI=1S/C19H22Cl2N2O3S/c1-4-14-5-9-17(10-6-14)23(27(3,25)26)13(2)19(24)22-12-15-7-8-16(20)11-18(15)21/h5-11,13H,4,12H2,1-3H3,(H,22,24)/t13-/m0/s1. The third kappa shape index (κ3) is 5.61. The Balaban J connectivity index is 2.18. The monoisotopic (exact) mass is 428 g/mol. The lowest BCUT2D eigenvalue weighted by atomic mass is 10.1. The van der Waals surface area contributed by atoms with E-state index < -0.39 is 22.0 Å². The molecule has 0 saturated carbocycles. The molecule has 0 unspecified atom stereocenters. The number of amides is 1. The Labute approximate surface area is 170 Å². The zero-order chi connectivity index (χ0) is 20.2. The second-order valence-corrected chi connectivity index (χ2v) is 8.91. The molecule has 5 nitrogen and oxygen atoms in total. The van der Waals surface area contributed by atoms with Gasteiger partial charge in [0.1, 0.15) is 6.04 Å². The molecule has 0 aliphatic rings. The number of carbonyl (C=O) groups is 1. The molecule has 1 N–H and O–H groups in total. The van der Waals surface area contributed by atoms with Crippen LogP contribution >= 0.6 is 23.2 Å². The van der Waals surface area contributed by atoms with Crippen molar-refractivity contribution >= 4 is 44.8 Å². The van der Waals surface area contributed by atoms with Crippen molar-refractivity contribution in [3.8, 4) is 0 Å². The summed E-state index contributed by atoms with van der Waals surface area (Å²) in [6.07, 6.45) is 1.93. The highest BCUT2D eigenvalue weighted by atomic mass is 35.5. The van der Waals surface area contributed by atoms with Crippen molar-refractivity contribution in [2.45, 2.75) is 32.9 Å². The number of nitrogens with one attached hydrogen (secondary N) is 1. The molecule has 0 saturated heterocycles. The number of hydrogen-bond acceptors (Lipinski definition) is 3. The first-order valence-corrected chi connectivity index (χ1v) is 11.0. The summed E-state index contributed by atoms with van der Waals surface area (Å²) in [5.41, 5.74) is 2.23. The molecule has 0 aliphatic heterocycles. The number of benzene rings is 2. The molecule has 0 heterocycles. The molecule has 0 fully saturated rings. The summed E-state index contributed by atoms with van der Waals surface area (Å²) in [5, 5.41) is 3.67. The van der Waals surface area contributed by atoms with E-state index in [-0.39, 0.29) is 6.54 Å². The van der Waals surface area contributed by atoms with E-state index in [1.807, 2.05) is 19.1 Å². The number of aryl methyl sites for hydroxylation is 1. The molecule has 27 heavy (non-hydrogen) atoms. The van der Waals surface area contributed by atoms with Gasteiger partial charge >= 0.3 is 0 Å². The van der Waals surface area contributed by atoms with Crippen LogP contribution in [-0.2, 0) is 27.8 Å². The molecule has 0 aromatic heterocycles. The van der Waals surface area contributed by atoms with E-state index in [0.717, 1.165) is 22.5 Å². The summed E-state index contributed by atoms with van der Waals surface area (Å²) < 4.78 is 25.7. The van der Waals surface area contributed by atoms with Gasteiger partial charge in [-0.2, -0.15) is 0 Å². The lowest BCUT2D eigenvalue weighted by Gasteiger charge is -2.28. The first kappa shape index (κ1) is 21.5. The number of nitrogens with zero attached hydrogens (tertiary/aromatic N) is 1. The van der Waals surface area contributed by atoms with Gasteiger partial charge in [-0.15, -0.1) is 0 Å². The molecule has 146 valence electrons. The zero-order valence-corrected chi connectivity index (χ0v) is 17.7. The summed E-state index contributed by atoms with van der Waals surface area (Å²) in [6, 6.07) is 11.2. The number of sulfonamides is 1. The normalized spacial score (nSPS) is 12.5. The number of rotatable bonds is 7. The Kier molecular flexibility index (Phi) is 7.14. The van der Waals surface area contributed by atoms with E-state index in [4.69, 9.17) is 23.2 Å². The third-order valence-electron chi connectivity index (χ3n) is 4.16. The van der Waals surface area contributed by atoms with Crippen LogP contribution in [0.3, 0.4) is 0 Å². The quantitative estimate of drug-likeness (QED) is 0.723. The molecule has 0 bridgehead atoms. The summed E-state index contributed by atoms with van der Waals surface area (Å²) in [6.45, 7) is 3.74. The fraction of sp³-hybridized carbons (Fsp3) is 0.316. The van der Waals surface area contributed by atoms with Crippen molar-refractivity contribution in [1.82, 2.24) is 5.32 Å². The molecule has 0 radical (unpaired) electrons. The SMILES string of the molecule is CCc1ccc(N([C@@H](C)C(=O)NCc2ccc(Cl)cc2Cl)S(C)(=O)=O)cc1. The zero-order valence-electron chi connectivity index (χ0n) is 15.4. The Hall–Kier alpha value is -1.76. The molecular formula is C19H22Cl2N2O3S. The van der Waals surface area contributed by atoms with Crippen LogP contribution in [0.25, 0.3) is 0 Å². The third-order valence-corrected chi connectivity index (χ3v) is 5.98. The molecule has 2 aromatic rings. The van der Waals surface area contributed by atoms with Gasteiger partial charge in [0.05, 0.1) is 11.9 Å². The van der Waals surface area contributed by atoms with E-state index in [0.29, 0.717) is 21.3 Å². The van der Waals surface area contributed by atoms with E-state index in [2.05, 4.69) is 5.32 Å². The summed E-state index contributed by atoms with van der Waals surface area (Å²) in [7, 11) is -3.65. The van der Waals surface area contributed by atoms with Gasteiger partial charge < -0.3 is 5.32 Å². The number of anilines is 1. The van der Waals surface area contributed by atoms with Crippen molar-refractivity contribution in [3.05, 3.63) is 63.6 Å². The molecule has 8 heteroatoms. The highest BCUT2D eigenvalue weighted by Crippen LogP contribution is 2.23. The molecular weight excluding hydrogens is 407 g/mol. The molecule has 2 aromatic carbocycles. The van der Waals surface area contributed by atoms with Gasteiger partial charge in [-0.3, -0.25) is 9.10 Å².